The number of Topliss-reactive ketones (excluding diaryl/α,β-unsaturated/α-hetero) is 1. The Bertz CT molecular complexity index is 1010. The van der Waals surface area contributed by atoms with E-state index in [4.69, 9.17) is 0 Å². The van der Waals surface area contributed by atoms with Crippen LogP contribution < -0.4 is 4.31 Å². The van der Waals surface area contributed by atoms with Gasteiger partial charge in [-0.1, -0.05) is 17.7 Å². The van der Waals surface area contributed by atoms with Gasteiger partial charge < -0.3 is 4.90 Å². The summed E-state index contributed by atoms with van der Waals surface area (Å²) in [5.41, 5.74) is 1.80. The lowest BCUT2D eigenvalue weighted by Gasteiger charge is -2.35. The lowest BCUT2D eigenvalue weighted by molar-refractivity contribution is -0.132. The van der Waals surface area contributed by atoms with Crippen molar-refractivity contribution in [1.82, 2.24) is 4.90 Å². The molecule has 6 nitrogen and oxygen atoms in total. The average molecular weight is 429 g/mol. The zero-order chi connectivity index (χ0) is 21.9. The number of rotatable bonds is 6. The molecule has 1 atom stereocenters. The molecule has 0 aromatic heterocycles. The Balaban J connectivity index is 2.04. The number of likely N-dealkylation sites (tertiary alicyclic amines) is 1. The number of hydrogen-bond donors (Lipinski definition) is 0. The van der Waals surface area contributed by atoms with E-state index in [0.717, 1.165) is 24.8 Å². The van der Waals surface area contributed by atoms with Crippen LogP contribution >= 0.6 is 0 Å². The Kier molecular flexibility index (Phi) is 6.61. The summed E-state index contributed by atoms with van der Waals surface area (Å²) in [7, 11) is -3.99. The fourth-order valence-electron chi connectivity index (χ4n) is 3.72. The molecular formula is C23H28N2O4S. The lowest BCUT2D eigenvalue weighted by atomic mass is 10.1. The summed E-state index contributed by atoms with van der Waals surface area (Å²) >= 11 is 0. The van der Waals surface area contributed by atoms with E-state index in [1.165, 1.54) is 11.2 Å². The number of carbonyl (C=O) groups is 2. The highest BCUT2D eigenvalue weighted by atomic mass is 32.2. The third-order valence-electron chi connectivity index (χ3n) is 5.48. The maximum atomic E-state index is 13.6. The quantitative estimate of drug-likeness (QED) is 0.656. The molecule has 1 amide bonds. The first-order chi connectivity index (χ1) is 14.2. The zero-order valence-corrected chi connectivity index (χ0v) is 18.5. The number of hydrogen-bond acceptors (Lipinski definition) is 4. The number of anilines is 1. The monoisotopic (exact) mass is 428 g/mol. The molecular weight excluding hydrogens is 400 g/mol. The van der Waals surface area contributed by atoms with Gasteiger partial charge in [0, 0.05) is 18.7 Å². The number of carbonyl (C=O) groups excluding carboxylic acids is 2. The smallest absolute Gasteiger partial charge is 0.265 e. The molecule has 0 saturated carbocycles. The van der Waals surface area contributed by atoms with Gasteiger partial charge in [0.1, 0.15) is 6.04 Å². The number of benzene rings is 2. The van der Waals surface area contributed by atoms with Gasteiger partial charge in [-0.25, -0.2) is 8.42 Å². The van der Waals surface area contributed by atoms with E-state index in [2.05, 4.69) is 0 Å². The van der Waals surface area contributed by atoms with Gasteiger partial charge in [-0.05, 0) is 76.4 Å². The molecule has 0 unspecified atom stereocenters. The SMILES string of the molecule is CC(=O)c1ccc(N([C@@H](C)C(=O)N2CCCCC2)S(=O)(=O)c2ccc(C)cc2)cc1. The van der Waals surface area contributed by atoms with Crippen molar-refractivity contribution in [1.29, 1.82) is 0 Å². The van der Waals surface area contributed by atoms with Crippen molar-refractivity contribution in [2.24, 2.45) is 0 Å². The van der Waals surface area contributed by atoms with E-state index in [9.17, 15) is 18.0 Å². The topological polar surface area (TPSA) is 74.8 Å². The minimum absolute atomic E-state index is 0.105. The van der Waals surface area contributed by atoms with Crippen LogP contribution in [0.5, 0.6) is 0 Å². The second kappa shape index (κ2) is 9.00. The largest absolute Gasteiger partial charge is 0.341 e. The molecule has 0 aliphatic carbocycles. The molecule has 1 aliphatic rings. The van der Waals surface area contributed by atoms with Crippen LogP contribution in [-0.2, 0) is 14.8 Å². The van der Waals surface area contributed by atoms with Crippen LogP contribution in [0.3, 0.4) is 0 Å². The molecule has 2 aromatic carbocycles. The van der Waals surface area contributed by atoms with Gasteiger partial charge in [0.15, 0.2) is 5.78 Å². The Labute approximate surface area is 178 Å². The number of sulfonamides is 1. The maximum Gasteiger partial charge on any atom is 0.265 e. The van der Waals surface area contributed by atoms with Crippen LogP contribution in [0.1, 0.15) is 49.0 Å². The van der Waals surface area contributed by atoms with Crippen molar-refractivity contribution >= 4 is 27.4 Å². The molecule has 7 heteroatoms. The maximum absolute atomic E-state index is 13.6. The first-order valence-corrected chi connectivity index (χ1v) is 11.7. The summed E-state index contributed by atoms with van der Waals surface area (Å²) in [4.78, 5) is 26.7. The standard InChI is InChI=1S/C23H28N2O4S/c1-17-7-13-22(14-8-17)30(28,29)25(21-11-9-20(10-12-21)19(3)26)18(2)23(27)24-15-5-4-6-16-24/h7-14,18H,4-6,15-16H2,1-3H3/t18-/m0/s1. The Morgan fingerprint density at radius 2 is 1.50 bits per heavy atom. The minimum Gasteiger partial charge on any atom is -0.341 e. The van der Waals surface area contributed by atoms with Crippen LogP contribution in [0.2, 0.25) is 0 Å². The molecule has 1 aliphatic heterocycles. The first kappa shape index (κ1) is 22.0. The second-order valence-electron chi connectivity index (χ2n) is 7.78. The summed E-state index contributed by atoms with van der Waals surface area (Å²) in [6.07, 6.45) is 2.93. The summed E-state index contributed by atoms with van der Waals surface area (Å²) < 4.78 is 28.3. The zero-order valence-electron chi connectivity index (χ0n) is 17.7. The lowest BCUT2D eigenvalue weighted by Crippen LogP contribution is -2.50. The summed E-state index contributed by atoms with van der Waals surface area (Å²) in [5.74, 6) is -0.312. The normalized spacial score (nSPS) is 15.5. The van der Waals surface area contributed by atoms with Crippen LogP contribution in [0, 0.1) is 6.92 Å². The summed E-state index contributed by atoms with van der Waals surface area (Å²) in [6, 6.07) is 12.0. The van der Waals surface area contributed by atoms with Crippen molar-refractivity contribution in [2.45, 2.75) is 51.0 Å². The summed E-state index contributed by atoms with van der Waals surface area (Å²) in [6.45, 7) is 6.26. The Morgan fingerprint density at radius 1 is 0.933 bits per heavy atom. The molecule has 3 rings (SSSR count). The van der Waals surface area contributed by atoms with Crippen molar-refractivity contribution < 1.29 is 18.0 Å². The van der Waals surface area contributed by atoms with Crippen LogP contribution in [-0.4, -0.2) is 44.1 Å². The van der Waals surface area contributed by atoms with Gasteiger partial charge in [-0.3, -0.25) is 13.9 Å². The number of nitrogens with zero attached hydrogens (tertiary/aromatic N) is 2. The number of amides is 1. The predicted molar refractivity (Wildman–Crippen MR) is 117 cm³/mol. The highest BCUT2D eigenvalue weighted by Gasteiger charge is 2.35. The van der Waals surface area contributed by atoms with Crippen molar-refractivity contribution in [3.05, 3.63) is 59.7 Å². The molecule has 2 aromatic rings. The third kappa shape index (κ3) is 4.56. The second-order valence-corrected chi connectivity index (χ2v) is 9.59. The van der Waals surface area contributed by atoms with E-state index < -0.39 is 16.1 Å². The van der Waals surface area contributed by atoms with Gasteiger partial charge in [0.2, 0.25) is 5.91 Å². The van der Waals surface area contributed by atoms with Crippen LogP contribution in [0.15, 0.2) is 53.4 Å². The number of ketones is 1. The van der Waals surface area contributed by atoms with Gasteiger partial charge >= 0.3 is 0 Å². The van der Waals surface area contributed by atoms with E-state index in [1.807, 2.05) is 6.92 Å². The summed E-state index contributed by atoms with van der Waals surface area (Å²) in [5, 5.41) is 0. The predicted octanol–water partition coefficient (Wildman–Crippen LogP) is 3.79. The van der Waals surface area contributed by atoms with Crippen LogP contribution in [0.25, 0.3) is 0 Å². The van der Waals surface area contributed by atoms with E-state index in [0.29, 0.717) is 24.3 Å². The van der Waals surface area contributed by atoms with Crippen molar-refractivity contribution in [3.63, 3.8) is 0 Å². The van der Waals surface area contributed by atoms with Crippen molar-refractivity contribution in [3.8, 4) is 0 Å². The molecule has 160 valence electrons. The number of piperidine rings is 1. The van der Waals surface area contributed by atoms with Crippen LogP contribution in [0.4, 0.5) is 5.69 Å². The Morgan fingerprint density at radius 3 is 2.03 bits per heavy atom. The van der Waals surface area contributed by atoms with Gasteiger partial charge in [-0.15, -0.1) is 0 Å². The molecule has 1 saturated heterocycles. The van der Waals surface area contributed by atoms with Gasteiger partial charge in [-0.2, -0.15) is 0 Å². The third-order valence-corrected chi connectivity index (χ3v) is 7.40. The molecule has 0 radical (unpaired) electrons. The minimum atomic E-state index is -3.99. The van der Waals surface area contributed by atoms with E-state index >= 15 is 0 Å². The van der Waals surface area contributed by atoms with Gasteiger partial charge in [0.05, 0.1) is 10.6 Å². The van der Waals surface area contributed by atoms with E-state index in [1.54, 1.807) is 60.4 Å². The highest BCUT2D eigenvalue weighted by Crippen LogP contribution is 2.28. The Hall–Kier alpha value is -2.67. The molecule has 0 N–H and O–H groups in total. The van der Waals surface area contributed by atoms with Gasteiger partial charge in [0.25, 0.3) is 10.0 Å². The molecule has 0 bridgehead atoms. The molecule has 1 heterocycles. The average Bonchev–Trinajstić information content (AvgIpc) is 2.74. The molecule has 0 spiro atoms. The van der Waals surface area contributed by atoms with E-state index in [-0.39, 0.29) is 16.6 Å². The first-order valence-electron chi connectivity index (χ1n) is 10.2. The molecule has 1 fully saturated rings. The number of aryl methyl sites for hydroxylation is 1. The fraction of sp³-hybridized carbons (Fsp3) is 0.391. The molecule has 30 heavy (non-hydrogen) atoms. The van der Waals surface area contributed by atoms with Crippen molar-refractivity contribution in [2.75, 3.05) is 17.4 Å². The fourth-order valence-corrected chi connectivity index (χ4v) is 5.33. The highest BCUT2D eigenvalue weighted by molar-refractivity contribution is 7.92.